The van der Waals surface area contributed by atoms with Crippen LogP contribution in [-0.2, 0) is 4.79 Å². The molecular weight excluding hydrogens is 284 g/mol. The lowest BCUT2D eigenvalue weighted by molar-refractivity contribution is -0.127. The number of hydrogen-bond donors (Lipinski definition) is 1. The van der Waals surface area contributed by atoms with E-state index in [-0.39, 0.29) is 22.5 Å². The second-order valence-corrected chi connectivity index (χ2v) is 8.54. The summed E-state index contributed by atoms with van der Waals surface area (Å²) >= 11 is 0. The third-order valence-electron chi connectivity index (χ3n) is 7.52. The third-order valence-corrected chi connectivity index (χ3v) is 7.52. The van der Waals surface area contributed by atoms with Gasteiger partial charge in [0.25, 0.3) is 0 Å². The molecule has 4 aliphatic rings. The quantitative estimate of drug-likeness (QED) is 0.781. The Bertz CT molecular complexity index is 653. The van der Waals surface area contributed by atoms with Gasteiger partial charge in [-0.3, -0.25) is 4.79 Å². The van der Waals surface area contributed by atoms with E-state index in [2.05, 4.69) is 32.1 Å². The summed E-state index contributed by atoms with van der Waals surface area (Å²) in [7, 11) is 0. The number of allylic oxidation sites excluding steroid dienone is 5. The first-order valence-electron chi connectivity index (χ1n) is 9.21. The van der Waals surface area contributed by atoms with Gasteiger partial charge in [-0.25, -0.2) is 0 Å². The zero-order valence-electron chi connectivity index (χ0n) is 14.6. The third kappa shape index (κ3) is 1.88. The second-order valence-electron chi connectivity index (χ2n) is 8.54. The van der Waals surface area contributed by atoms with E-state index in [1.807, 2.05) is 0 Å². The van der Waals surface area contributed by atoms with Crippen LogP contribution < -0.4 is 0 Å². The molecule has 0 aromatic rings. The van der Waals surface area contributed by atoms with Gasteiger partial charge in [-0.05, 0) is 56.1 Å². The summed E-state index contributed by atoms with van der Waals surface area (Å²) in [5.41, 5.74) is 4.11. The molecule has 2 saturated carbocycles. The Hall–Kier alpha value is -1.15. The van der Waals surface area contributed by atoms with Crippen LogP contribution in [0.5, 0.6) is 0 Å². The Morgan fingerprint density at radius 2 is 2.00 bits per heavy atom. The summed E-state index contributed by atoms with van der Waals surface area (Å²) in [6.07, 6.45) is 13.1. The molecule has 2 heteroatoms. The van der Waals surface area contributed by atoms with Crippen molar-refractivity contribution >= 4 is 5.78 Å². The van der Waals surface area contributed by atoms with Crippen molar-refractivity contribution in [3.8, 4) is 0 Å². The maximum absolute atomic E-state index is 12.1. The lowest BCUT2D eigenvalue weighted by Gasteiger charge is -2.51. The predicted octanol–water partition coefficient (Wildman–Crippen LogP) is 4.36. The normalized spacial score (nSPS) is 45.2. The van der Waals surface area contributed by atoms with Gasteiger partial charge in [-0.2, -0.15) is 0 Å². The van der Waals surface area contributed by atoms with Crippen LogP contribution in [-0.4, -0.2) is 17.0 Å². The molecule has 0 heterocycles. The van der Waals surface area contributed by atoms with Crippen LogP contribution in [0.4, 0.5) is 0 Å². The monoisotopic (exact) mass is 312 g/mol. The number of fused-ring (bicyclic) bond motifs is 5. The molecule has 1 N–H and O–H groups in total. The molecule has 1 unspecified atom stereocenters. The average Bonchev–Trinajstić information content (AvgIpc) is 2.87. The lowest BCUT2D eigenvalue weighted by Crippen LogP contribution is -2.48. The Morgan fingerprint density at radius 3 is 2.74 bits per heavy atom. The van der Waals surface area contributed by atoms with E-state index in [1.165, 1.54) is 42.4 Å². The van der Waals surface area contributed by atoms with E-state index >= 15 is 0 Å². The van der Waals surface area contributed by atoms with Crippen molar-refractivity contribution in [1.82, 2.24) is 0 Å². The van der Waals surface area contributed by atoms with E-state index < -0.39 is 6.10 Å². The minimum Gasteiger partial charge on any atom is -0.388 e. The van der Waals surface area contributed by atoms with Crippen molar-refractivity contribution in [3.05, 3.63) is 34.9 Å². The van der Waals surface area contributed by atoms with Crippen LogP contribution in [0.15, 0.2) is 34.9 Å². The van der Waals surface area contributed by atoms with E-state index in [1.54, 1.807) is 6.92 Å². The molecule has 0 aliphatic heterocycles. The largest absolute Gasteiger partial charge is 0.388 e. The highest BCUT2D eigenvalue weighted by Crippen LogP contribution is 2.62. The van der Waals surface area contributed by atoms with E-state index in [4.69, 9.17) is 0 Å². The molecule has 5 atom stereocenters. The van der Waals surface area contributed by atoms with Gasteiger partial charge in [-0.1, -0.05) is 44.1 Å². The first kappa shape index (κ1) is 15.4. The number of hydrogen-bond acceptors (Lipinski definition) is 2. The first-order chi connectivity index (χ1) is 10.9. The minimum atomic E-state index is -0.505. The smallest absolute Gasteiger partial charge is 0.133 e. The average molecular weight is 312 g/mol. The molecule has 0 saturated heterocycles. The second kappa shape index (κ2) is 4.92. The van der Waals surface area contributed by atoms with Gasteiger partial charge < -0.3 is 5.11 Å². The Morgan fingerprint density at radius 1 is 1.22 bits per heavy atom. The van der Waals surface area contributed by atoms with Crippen molar-refractivity contribution in [2.45, 2.75) is 65.4 Å². The number of carbonyl (C=O) groups excluding carboxylic acids is 1. The lowest BCUT2D eigenvalue weighted by atomic mass is 9.54. The standard InChI is InChI=1S/C21H28O2/c1-13(22)16-9-10-17-15-8-7-14-6-4-5-11-20(14,2)18(15)12-19(23)21(16,17)3/h7-8,12,16-17,19,23H,4-6,9-11H2,1-3H3/t16-,17+,19?,20+,21-/m1/s1. The highest BCUT2D eigenvalue weighted by Gasteiger charge is 2.57. The van der Waals surface area contributed by atoms with E-state index in [9.17, 15) is 9.90 Å². The zero-order valence-corrected chi connectivity index (χ0v) is 14.6. The molecule has 0 amide bonds. The van der Waals surface area contributed by atoms with Crippen molar-refractivity contribution < 1.29 is 9.90 Å². The van der Waals surface area contributed by atoms with Gasteiger partial charge in [-0.15, -0.1) is 0 Å². The molecule has 124 valence electrons. The van der Waals surface area contributed by atoms with Crippen LogP contribution in [0, 0.1) is 22.7 Å². The summed E-state index contributed by atoms with van der Waals surface area (Å²) in [5, 5.41) is 11.0. The number of rotatable bonds is 1. The molecule has 4 aliphatic carbocycles. The van der Waals surface area contributed by atoms with Crippen LogP contribution >= 0.6 is 0 Å². The molecule has 2 nitrogen and oxygen atoms in total. The molecule has 0 aromatic heterocycles. The minimum absolute atomic E-state index is 0.00858. The Kier molecular flexibility index (Phi) is 3.29. The van der Waals surface area contributed by atoms with Crippen LogP contribution in [0.1, 0.15) is 59.3 Å². The summed E-state index contributed by atoms with van der Waals surface area (Å²) in [6.45, 7) is 6.20. The van der Waals surface area contributed by atoms with E-state index in [0.717, 1.165) is 12.8 Å². The molecular formula is C21H28O2. The van der Waals surface area contributed by atoms with Crippen LogP contribution in [0.2, 0.25) is 0 Å². The SMILES string of the molecule is CC(=O)[C@H]1CC[C@H]2C3=CC=C4CCCC[C@]4(C)C3=CC(O)[C@]12C. The fourth-order valence-electron chi connectivity index (χ4n) is 6.07. The number of ketones is 1. The fourth-order valence-corrected chi connectivity index (χ4v) is 6.07. The van der Waals surface area contributed by atoms with Gasteiger partial charge in [0.1, 0.15) is 5.78 Å². The zero-order chi connectivity index (χ0) is 16.4. The topological polar surface area (TPSA) is 37.3 Å². The van der Waals surface area contributed by atoms with Gasteiger partial charge in [0.2, 0.25) is 0 Å². The van der Waals surface area contributed by atoms with Gasteiger partial charge in [0.05, 0.1) is 6.10 Å². The van der Waals surface area contributed by atoms with Crippen molar-refractivity contribution in [1.29, 1.82) is 0 Å². The molecule has 2 fully saturated rings. The van der Waals surface area contributed by atoms with Crippen molar-refractivity contribution in [2.75, 3.05) is 0 Å². The molecule has 23 heavy (non-hydrogen) atoms. The van der Waals surface area contributed by atoms with E-state index in [0.29, 0.717) is 5.92 Å². The van der Waals surface area contributed by atoms with Gasteiger partial charge >= 0.3 is 0 Å². The molecule has 4 rings (SSSR count). The highest BCUT2D eigenvalue weighted by molar-refractivity contribution is 5.80. The number of carbonyl (C=O) groups is 1. The maximum atomic E-state index is 12.1. The molecule has 0 radical (unpaired) electrons. The summed E-state index contributed by atoms with van der Waals surface area (Å²) in [6, 6.07) is 0. The summed E-state index contributed by atoms with van der Waals surface area (Å²) < 4.78 is 0. The van der Waals surface area contributed by atoms with Crippen molar-refractivity contribution in [3.63, 3.8) is 0 Å². The summed E-state index contributed by atoms with van der Waals surface area (Å²) in [5.74, 6) is 0.552. The molecule has 0 spiro atoms. The predicted molar refractivity (Wildman–Crippen MR) is 91.8 cm³/mol. The van der Waals surface area contributed by atoms with Crippen molar-refractivity contribution in [2.24, 2.45) is 22.7 Å². The van der Waals surface area contributed by atoms with Crippen LogP contribution in [0.3, 0.4) is 0 Å². The first-order valence-corrected chi connectivity index (χ1v) is 9.21. The highest BCUT2D eigenvalue weighted by atomic mass is 16.3. The number of Topliss-reactive ketones (excluding diaryl/α,β-unsaturated/α-hetero) is 1. The van der Waals surface area contributed by atoms with Gasteiger partial charge in [0.15, 0.2) is 0 Å². The Balaban J connectivity index is 1.85. The number of aliphatic hydroxyl groups is 1. The Labute approximate surface area is 139 Å². The van der Waals surface area contributed by atoms with Gasteiger partial charge in [0, 0.05) is 16.7 Å². The molecule has 0 bridgehead atoms. The summed E-state index contributed by atoms with van der Waals surface area (Å²) in [4.78, 5) is 12.1. The number of aliphatic hydroxyl groups excluding tert-OH is 1. The van der Waals surface area contributed by atoms with Crippen LogP contribution in [0.25, 0.3) is 0 Å². The fraction of sp³-hybridized carbons (Fsp3) is 0.667. The maximum Gasteiger partial charge on any atom is 0.133 e. The molecule has 0 aromatic carbocycles.